The number of carbonyl (C=O) groups excluding carboxylic acids is 2. The van der Waals surface area contributed by atoms with Gasteiger partial charge >= 0.3 is 5.97 Å². The van der Waals surface area contributed by atoms with Crippen molar-refractivity contribution in [1.29, 1.82) is 5.26 Å². The summed E-state index contributed by atoms with van der Waals surface area (Å²) in [7, 11) is 0. The van der Waals surface area contributed by atoms with Crippen LogP contribution in [0.1, 0.15) is 22.3 Å². The van der Waals surface area contributed by atoms with Crippen LogP contribution in [0.25, 0.3) is 0 Å². The van der Waals surface area contributed by atoms with E-state index >= 15 is 0 Å². The normalized spacial score (nSPS) is 10.1. The molecule has 1 amide bonds. The van der Waals surface area contributed by atoms with Crippen LogP contribution in [-0.2, 0) is 14.3 Å². The predicted octanol–water partition coefficient (Wildman–Crippen LogP) is 2.45. The van der Waals surface area contributed by atoms with E-state index in [1.54, 1.807) is 13.0 Å². The average Bonchev–Trinajstić information content (AvgIpc) is 2.61. The number of amides is 1. The number of rotatable bonds is 6. The fourth-order valence-corrected chi connectivity index (χ4v) is 3.11. The molecule has 2 rings (SSSR count). The number of ether oxygens (including phenoxy) is 1. The zero-order valence-electron chi connectivity index (χ0n) is 15.2. The number of pyridine rings is 1. The molecule has 1 aromatic heterocycles. The highest BCUT2D eigenvalue weighted by atomic mass is 32.2. The third kappa shape index (κ3) is 5.72. The fourth-order valence-electron chi connectivity index (χ4n) is 2.24. The van der Waals surface area contributed by atoms with E-state index < -0.39 is 18.5 Å². The van der Waals surface area contributed by atoms with Gasteiger partial charge in [-0.25, -0.2) is 0 Å². The van der Waals surface area contributed by atoms with Gasteiger partial charge in [0, 0.05) is 11.8 Å². The molecule has 1 heterocycles. The first-order valence-corrected chi connectivity index (χ1v) is 9.08. The van der Waals surface area contributed by atoms with Gasteiger partial charge in [0.15, 0.2) is 6.61 Å². The second kappa shape index (κ2) is 9.05. The Morgan fingerprint density at radius 3 is 2.59 bits per heavy atom. The van der Waals surface area contributed by atoms with Crippen LogP contribution in [-0.4, -0.2) is 29.2 Å². The number of anilines is 1. The Morgan fingerprint density at radius 1 is 1.19 bits per heavy atom. The van der Waals surface area contributed by atoms with Crippen molar-refractivity contribution in [3.05, 3.63) is 56.9 Å². The van der Waals surface area contributed by atoms with Crippen molar-refractivity contribution >= 4 is 29.3 Å². The molecule has 0 saturated heterocycles. The quantitative estimate of drug-likeness (QED) is 0.583. The van der Waals surface area contributed by atoms with E-state index in [1.165, 1.54) is 6.07 Å². The Hall–Kier alpha value is -3.05. The van der Waals surface area contributed by atoms with Gasteiger partial charge in [-0.3, -0.25) is 14.4 Å². The van der Waals surface area contributed by atoms with E-state index in [4.69, 9.17) is 10.00 Å². The second-order valence-corrected chi connectivity index (χ2v) is 6.91. The van der Waals surface area contributed by atoms with E-state index in [9.17, 15) is 14.4 Å². The number of aromatic amines is 1. The molecule has 8 heteroatoms. The summed E-state index contributed by atoms with van der Waals surface area (Å²) in [6.07, 6.45) is 0. The number of aryl methyl sites for hydroxylation is 3. The molecule has 140 valence electrons. The van der Waals surface area contributed by atoms with Crippen LogP contribution in [0.4, 0.5) is 5.69 Å². The summed E-state index contributed by atoms with van der Waals surface area (Å²) < 4.78 is 4.94. The summed E-state index contributed by atoms with van der Waals surface area (Å²) in [5.41, 5.74) is 3.27. The van der Waals surface area contributed by atoms with Crippen molar-refractivity contribution in [3.63, 3.8) is 0 Å². The predicted molar refractivity (Wildman–Crippen MR) is 103 cm³/mol. The van der Waals surface area contributed by atoms with Gasteiger partial charge in [-0.1, -0.05) is 17.8 Å². The Labute approximate surface area is 160 Å². The minimum Gasteiger partial charge on any atom is -0.455 e. The van der Waals surface area contributed by atoms with Gasteiger partial charge in [0.2, 0.25) is 5.56 Å². The molecule has 0 saturated carbocycles. The van der Waals surface area contributed by atoms with Gasteiger partial charge in [0.05, 0.1) is 16.3 Å². The van der Waals surface area contributed by atoms with Gasteiger partial charge in [-0.15, -0.1) is 0 Å². The third-order valence-corrected chi connectivity index (χ3v) is 4.78. The van der Waals surface area contributed by atoms with Gasteiger partial charge in [0.25, 0.3) is 5.91 Å². The van der Waals surface area contributed by atoms with Crippen LogP contribution < -0.4 is 10.9 Å². The molecule has 0 aliphatic carbocycles. The number of thioether (sulfide) groups is 1. The number of nitrogens with zero attached hydrogens (tertiary/aromatic N) is 1. The standard InChI is InChI=1S/C19H19N3O4S/c1-11-4-5-14(6-12(11)2)21-17(24)9-26-18(25)10-27-19-15(8-20)13(3)7-16(23)22-19/h4-7H,9-10H2,1-3H3,(H,21,24)(H,22,23). The fraction of sp³-hybridized carbons (Fsp3) is 0.263. The Kier molecular flexibility index (Phi) is 6.79. The molecular formula is C19H19N3O4S. The summed E-state index contributed by atoms with van der Waals surface area (Å²) in [6, 6.07) is 8.81. The van der Waals surface area contributed by atoms with E-state index in [0.717, 1.165) is 22.9 Å². The van der Waals surface area contributed by atoms with Crippen molar-refractivity contribution in [2.75, 3.05) is 17.7 Å². The van der Waals surface area contributed by atoms with E-state index in [1.807, 2.05) is 32.0 Å². The number of hydrogen-bond donors (Lipinski definition) is 2. The minimum absolute atomic E-state index is 0.134. The first-order chi connectivity index (χ1) is 12.8. The molecule has 2 aromatic rings. The molecule has 0 bridgehead atoms. The van der Waals surface area contributed by atoms with Crippen molar-refractivity contribution in [2.45, 2.75) is 25.8 Å². The zero-order chi connectivity index (χ0) is 20.0. The summed E-state index contributed by atoms with van der Waals surface area (Å²) in [5, 5.41) is 12.1. The highest BCUT2D eigenvalue weighted by molar-refractivity contribution is 7.99. The number of H-pyrrole nitrogens is 1. The molecule has 0 atom stereocenters. The first kappa shape index (κ1) is 20.3. The smallest absolute Gasteiger partial charge is 0.316 e. The highest BCUT2D eigenvalue weighted by Gasteiger charge is 2.13. The SMILES string of the molecule is Cc1ccc(NC(=O)COC(=O)CSc2[nH]c(=O)cc(C)c2C#N)cc1C. The van der Waals surface area contributed by atoms with Crippen LogP contribution in [0.15, 0.2) is 34.1 Å². The largest absolute Gasteiger partial charge is 0.455 e. The molecule has 7 nitrogen and oxygen atoms in total. The summed E-state index contributed by atoms with van der Waals surface area (Å²) in [6.45, 7) is 5.14. The number of nitrogens with one attached hydrogen (secondary N) is 2. The van der Waals surface area contributed by atoms with Gasteiger partial charge < -0.3 is 15.0 Å². The van der Waals surface area contributed by atoms with Gasteiger partial charge in [-0.05, 0) is 49.6 Å². The Bertz CT molecular complexity index is 976. The van der Waals surface area contributed by atoms with Gasteiger partial charge in [-0.2, -0.15) is 5.26 Å². The lowest BCUT2D eigenvalue weighted by Gasteiger charge is -2.09. The lowest BCUT2D eigenvalue weighted by atomic mass is 10.1. The summed E-state index contributed by atoms with van der Waals surface area (Å²) >= 11 is 0.983. The Balaban J connectivity index is 1.86. The summed E-state index contributed by atoms with van der Waals surface area (Å²) in [4.78, 5) is 37.8. The van der Waals surface area contributed by atoms with Crippen LogP contribution in [0.5, 0.6) is 0 Å². The second-order valence-electron chi connectivity index (χ2n) is 5.93. The van der Waals surface area contributed by atoms with Crippen LogP contribution in [0.2, 0.25) is 0 Å². The highest BCUT2D eigenvalue weighted by Crippen LogP contribution is 2.21. The maximum absolute atomic E-state index is 11.9. The van der Waals surface area contributed by atoms with E-state index in [0.29, 0.717) is 21.8 Å². The molecule has 0 aliphatic rings. The Morgan fingerprint density at radius 2 is 1.93 bits per heavy atom. The van der Waals surface area contributed by atoms with Gasteiger partial charge in [0.1, 0.15) is 6.07 Å². The van der Waals surface area contributed by atoms with Crippen molar-refractivity contribution in [2.24, 2.45) is 0 Å². The number of nitriles is 1. The van der Waals surface area contributed by atoms with Crippen LogP contribution in [0.3, 0.4) is 0 Å². The molecule has 1 aromatic carbocycles. The average molecular weight is 385 g/mol. The first-order valence-electron chi connectivity index (χ1n) is 8.09. The molecule has 0 spiro atoms. The van der Waals surface area contributed by atoms with Crippen LogP contribution >= 0.6 is 11.8 Å². The van der Waals surface area contributed by atoms with Crippen molar-refractivity contribution < 1.29 is 14.3 Å². The summed E-state index contributed by atoms with van der Waals surface area (Å²) in [5.74, 6) is -1.20. The lowest BCUT2D eigenvalue weighted by Crippen LogP contribution is -2.21. The van der Waals surface area contributed by atoms with Crippen molar-refractivity contribution in [3.8, 4) is 6.07 Å². The zero-order valence-corrected chi connectivity index (χ0v) is 16.0. The molecule has 0 aliphatic heterocycles. The number of esters is 1. The van der Waals surface area contributed by atoms with E-state index in [2.05, 4.69) is 10.3 Å². The molecule has 2 N–H and O–H groups in total. The molecule has 0 radical (unpaired) electrons. The molecular weight excluding hydrogens is 366 g/mol. The molecule has 27 heavy (non-hydrogen) atoms. The number of hydrogen-bond acceptors (Lipinski definition) is 6. The van der Waals surface area contributed by atoms with Crippen molar-refractivity contribution in [1.82, 2.24) is 4.98 Å². The third-order valence-electron chi connectivity index (χ3n) is 3.81. The number of benzene rings is 1. The molecule has 0 fully saturated rings. The monoisotopic (exact) mass is 385 g/mol. The maximum Gasteiger partial charge on any atom is 0.316 e. The number of carbonyl (C=O) groups is 2. The molecule has 0 unspecified atom stereocenters. The minimum atomic E-state index is -0.624. The van der Waals surface area contributed by atoms with E-state index in [-0.39, 0.29) is 11.3 Å². The van der Waals surface area contributed by atoms with Crippen LogP contribution in [0, 0.1) is 32.1 Å². The number of aromatic nitrogens is 1. The topological polar surface area (TPSA) is 112 Å². The lowest BCUT2D eigenvalue weighted by molar-refractivity contribution is -0.144. The maximum atomic E-state index is 11.9.